The molecule has 2 heterocycles. The molecule has 0 N–H and O–H groups in total. The fourth-order valence-electron chi connectivity index (χ4n) is 2.32. The van der Waals surface area contributed by atoms with E-state index >= 15 is 0 Å². The maximum absolute atomic E-state index is 11.5. The van der Waals surface area contributed by atoms with Gasteiger partial charge in [0.1, 0.15) is 10.6 Å². The number of carbonyl (C=O) groups is 1. The third-order valence-corrected chi connectivity index (χ3v) is 4.67. The van der Waals surface area contributed by atoms with Gasteiger partial charge in [-0.1, -0.05) is 0 Å². The Morgan fingerprint density at radius 2 is 2.17 bits per heavy atom. The SMILES string of the molecule is CCOC1(c2nc(C)c(C(C)=O)s2)CCOCC1. The predicted molar refractivity (Wildman–Crippen MR) is 70.2 cm³/mol. The normalized spacial score (nSPS) is 18.8. The zero-order chi connectivity index (χ0) is 13.2. The molecule has 2 rings (SSSR count). The second-order valence-corrected chi connectivity index (χ2v) is 5.53. The van der Waals surface area contributed by atoms with Gasteiger partial charge in [0, 0.05) is 39.6 Å². The van der Waals surface area contributed by atoms with E-state index in [9.17, 15) is 4.79 Å². The molecule has 0 saturated carbocycles. The topological polar surface area (TPSA) is 48.4 Å². The highest BCUT2D eigenvalue weighted by Crippen LogP contribution is 2.39. The molecular formula is C13H19NO3S. The lowest BCUT2D eigenvalue weighted by atomic mass is 9.95. The van der Waals surface area contributed by atoms with Crippen LogP contribution >= 0.6 is 11.3 Å². The summed E-state index contributed by atoms with van der Waals surface area (Å²) in [5, 5.41) is 0.926. The van der Waals surface area contributed by atoms with Crippen molar-refractivity contribution in [2.45, 2.75) is 39.2 Å². The van der Waals surface area contributed by atoms with Crippen molar-refractivity contribution in [3.63, 3.8) is 0 Å². The highest BCUT2D eigenvalue weighted by atomic mass is 32.1. The van der Waals surface area contributed by atoms with Gasteiger partial charge in [-0.2, -0.15) is 0 Å². The van der Waals surface area contributed by atoms with E-state index in [-0.39, 0.29) is 11.4 Å². The Balaban J connectivity index is 2.36. The van der Waals surface area contributed by atoms with Crippen LogP contribution in [0.4, 0.5) is 0 Å². The van der Waals surface area contributed by atoms with Crippen molar-refractivity contribution in [3.8, 4) is 0 Å². The third kappa shape index (κ3) is 2.48. The highest BCUT2D eigenvalue weighted by molar-refractivity contribution is 7.14. The first-order valence-corrected chi connectivity index (χ1v) is 7.11. The number of hydrogen-bond donors (Lipinski definition) is 0. The molecule has 4 nitrogen and oxygen atoms in total. The number of rotatable bonds is 4. The number of ketones is 1. The van der Waals surface area contributed by atoms with Crippen molar-refractivity contribution in [1.82, 2.24) is 4.98 Å². The smallest absolute Gasteiger partial charge is 0.171 e. The molecule has 0 bridgehead atoms. The van der Waals surface area contributed by atoms with Gasteiger partial charge in [0.25, 0.3) is 0 Å². The quantitative estimate of drug-likeness (QED) is 0.789. The standard InChI is InChI=1S/C13H19NO3S/c1-4-17-13(5-7-16-8-6-13)12-14-9(2)11(18-12)10(3)15/h4-8H2,1-3H3. The van der Waals surface area contributed by atoms with Gasteiger partial charge in [-0.3, -0.25) is 4.79 Å². The van der Waals surface area contributed by atoms with Crippen molar-refractivity contribution in [2.24, 2.45) is 0 Å². The van der Waals surface area contributed by atoms with Gasteiger partial charge in [0.2, 0.25) is 0 Å². The number of nitrogens with zero attached hydrogens (tertiary/aromatic N) is 1. The summed E-state index contributed by atoms with van der Waals surface area (Å²) in [4.78, 5) is 16.8. The van der Waals surface area contributed by atoms with E-state index in [4.69, 9.17) is 9.47 Å². The van der Waals surface area contributed by atoms with E-state index in [1.807, 2.05) is 13.8 Å². The molecule has 1 aromatic heterocycles. The van der Waals surface area contributed by atoms with E-state index in [2.05, 4.69) is 4.98 Å². The van der Waals surface area contributed by atoms with Crippen LogP contribution in [-0.4, -0.2) is 30.6 Å². The van der Waals surface area contributed by atoms with Crippen LogP contribution in [-0.2, 0) is 15.1 Å². The summed E-state index contributed by atoms with van der Waals surface area (Å²) < 4.78 is 11.4. The van der Waals surface area contributed by atoms with E-state index in [0.717, 1.165) is 28.4 Å². The van der Waals surface area contributed by atoms with Crippen LogP contribution in [0.15, 0.2) is 0 Å². The van der Waals surface area contributed by atoms with Crippen LogP contribution in [0.1, 0.15) is 47.1 Å². The lowest BCUT2D eigenvalue weighted by molar-refractivity contribution is -0.112. The number of Topliss-reactive ketones (excluding diaryl/α,β-unsaturated/α-hetero) is 1. The minimum absolute atomic E-state index is 0.0787. The molecule has 100 valence electrons. The number of ether oxygens (including phenoxy) is 2. The minimum Gasteiger partial charge on any atom is -0.381 e. The summed E-state index contributed by atoms with van der Waals surface area (Å²) >= 11 is 1.47. The number of carbonyl (C=O) groups excluding carboxylic acids is 1. The molecule has 1 aliphatic heterocycles. The molecule has 0 atom stereocenters. The first kappa shape index (κ1) is 13.6. The van der Waals surface area contributed by atoms with Crippen LogP contribution in [0.2, 0.25) is 0 Å². The molecule has 0 aliphatic carbocycles. The summed E-state index contributed by atoms with van der Waals surface area (Å²) in [5.41, 5.74) is 0.462. The van der Waals surface area contributed by atoms with Gasteiger partial charge in [-0.05, 0) is 13.8 Å². The van der Waals surface area contributed by atoms with Crippen LogP contribution in [0, 0.1) is 6.92 Å². The Morgan fingerprint density at radius 3 is 2.67 bits per heavy atom. The maximum Gasteiger partial charge on any atom is 0.171 e. The van der Waals surface area contributed by atoms with Crippen LogP contribution < -0.4 is 0 Å². The third-order valence-electron chi connectivity index (χ3n) is 3.23. The predicted octanol–water partition coefficient (Wildman–Crippen LogP) is 2.70. The van der Waals surface area contributed by atoms with Crippen molar-refractivity contribution in [1.29, 1.82) is 0 Å². The molecule has 0 amide bonds. The number of hydrogen-bond acceptors (Lipinski definition) is 5. The molecule has 0 aromatic carbocycles. The van der Waals surface area contributed by atoms with Gasteiger partial charge in [0.05, 0.1) is 10.6 Å². The summed E-state index contributed by atoms with van der Waals surface area (Å²) in [7, 11) is 0. The van der Waals surface area contributed by atoms with Gasteiger partial charge in [-0.15, -0.1) is 11.3 Å². The highest BCUT2D eigenvalue weighted by Gasteiger charge is 2.38. The average molecular weight is 269 g/mol. The first-order valence-electron chi connectivity index (χ1n) is 6.29. The van der Waals surface area contributed by atoms with Gasteiger partial charge in [0.15, 0.2) is 5.78 Å². The average Bonchev–Trinajstić information content (AvgIpc) is 2.74. The van der Waals surface area contributed by atoms with Crippen molar-refractivity contribution in [2.75, 3.05) is 19.8 Å². The fourth-order valence-corrected chi connectivity index (χ4v) is 3.48. The second kappa shape index (κ2) is 5.47. The molecule has 5 heteroatoms. The van der Waals surface area contributed by atoms with E-state index in [1.165, 1.54) is 11.3 Å². The Labute approximate surface area is 111 Å². The van der Waals surface area contributed by atoms with Crippen molar-refractivity contribution >= 4 is 17.1 Å². The summed E-state index contributed by atoms with van der Waals surface area (Å²) in [6, 6.07) is 0. The second-order valence-electron chi connectivity index (χ2n) is 4.53. The van der Waals surface area contributed by atoms with Crippen LogP contribution in [0.25, 0.3) is 0 Å². The molecule has 1 aromatic rings. The zero-order valence-corrected chi connectivity index (χ0v) is 11.9. The van der Waals surface area contributed by atoms with E-state index in [0.29, 0.717) is 19.8 Å². The van der Waals surface area contributed by atoms with E-state index < -0.39 is 0 Å². The lowest BCUT2D eigenvalue weighted by Gasteiger charge is -2.35. The Hall–Kier alpha value is -0.780. The molecule has 1 saturated heterocycles. The van der Waals surface area contributed by atoms with E-state index in [1.54, 1.807) is 6.92 Å². The number of thiazole rings is 1. The largest absolute Gasteiger partial charge is 0.381 e. The van der Waals surface area contributed by atoms with Crippen LogP contribution in [0.3, 0.4) is 0 Å². The Morgan fingerprint density at radius 1 is 1.50 bits per heavy atom. The first-order chi connectivity index (χ1) is 8.59. The molecular weight excluding hydrogens is 250 g/mol. The number of aryl methyl sites for hydroxylation is 1. The number of aromatic nitrogens is 1. The molecule has 1 aliphatic rings. The fraction of sp³-hybridized carbons (Fsp3) is 0.692. The molecule has 0 radical (unpaired) electrons. The van der Waals surface area contributed by atoms with Gasteiger partial charge >= 0.3 is 0 Å². The molecule has 0 unspecified atom stereocenters. The van der Waals surface area contributed by atoms with Gasteiger partial charge < -0.3 is 9.47 Å². The molecule has 0 spiro atoms. The van der Waals surface area contributed by atoms with Crippen LogP contribution in [0.5, 0.6) is 0 Å². The monoisotopic (exact) mass is 269 g/mol. The Kier molecular flexibility index (Phi) is 4.14. The Bertz CT molecular complexity index is 430. The van der Waals surface area contributed by atoms with Crippen molar-refractivity contribution < 1.29 is 14.3 Å². The lowest BCUT2D eigenvalue weighted by Crippen LogP contribution is -2.36. The zero-order valence-electron chi connectivity index (χ0n) is 11.1. The van der Waals surface area contributed by atoms with Crippen molar-refractivity contribution in [3.05, 3.63) is 15.6 Å². The molecule has 1 fully saturated rings. The summed E-state index contributed by atoms with van der Waals surface area (Å²) in [6.45, 7) is 7.48. The van der Waals surface area contributed by atoms with Gasteiger partial charge in [-0.25, -0.2) is 4.98 Å². The maximum atomic E-state index is 11.5. The minimum atomic E-state index is -0.351. The summed E-state index contributed by atoms with van der Waals surface area (Å²) in [5.74, 6) is 0.0787. The molecule has 18 heavy (non-hydrogen) atoms. The summed E-state index contributed by atoms with van der Waals surface area (Å²) in [6.07, 6.45) is 1.62.